The van der Waals surface area contributed by atoms with Crippen molar-refractivity contribution in [2.45, 2.75) is 26.8 Å². The van der Waals surface area contributed by atoms with Crippen molar-refractivity contribution in [2.75, 3.05) is 17.4 Å². The van der Waals surface area contributed by atoms with Crippen molar-refractivity contribution in [1.82, 2.24) is 0 Å². The fourth-order valence-corrected chi connectivity index (χ4v) is 2.60. The van der Waals surface area contributed by atoms with Crippen LogP contribution in [0.25, 0.3) is 0 Å². The molecule has 0 fully saturated rings. The lowest BCUT2D eigenvalue weighted by Gasteiger charge is -2.16. The molecule has 1 atom stereocenters. The van der Waals surface area contributed by atoms with Gasteiger partial charge in [-0.05, 0) is 56.2 Å². The van der Waals surface area contributed by atoms with Gasteiger partial charge in [-0.15, -0.1) is 0 Å². The number of aryl methyl sites for hydroxylation is 2. The Hall–Kier alpha value is -2.69. The van der Waals surface area contributed by atoms with Crippen LogP contribution >= 0.6 is 0 Å². The van der Waals surface area contributed by atoms with E-state index >= 15 is 0 Å². The van der Waals surface area contributed by atoms with Gasteiger partial charge in [-0.2, -0.15) is 0 Å². The van der Waals surface area contributed by atoms with Gasteiger partial charge in [-0.25, -0.2) is 0 Å². The third-order valence-corrected chi connectivity index (χ3v) is 3.64. The fraction of sp³-hybridized carbons (Fsp3) is 0.278. The highest BCUT2D eigenvalue weighted by Crippen LogP contribution is 2.34. The number of fused-ring (bicyclic) bond motifs is 1. The Labute approximate surface area is 135 Å². The molecule has 5 nitrogen and oxygen atoms in total. The van der Waals surface area contributed by atoms with Crippen molar-refractivity contribution >= 4 is 17.3 Å². The first-order valence-corrected chi connectivity index (χ1v) is 7.56. The van der Waals surface area contributed by atoms with E-state index in [4.69, 9.17) is 9.47 Å². The van der Waals surface area contributed by atoms with Crippen LogP contribution in [0.1, 0.15) is 18.1 Å². The third kappa shape index (κ3) is 3.56. The summed E-state index contributed by atoms with van der Waals surface area (Å²) in [6.45, 7) is 6.13. The van der Waals surface area contributed by atoms with E-state index in [1.54, 1.807) is 18.2 Å². The normalized spacial score (nSPS) is 13.5. The highest BCUT2D eigenvalue weighted by molar-refractivity contribution is 5.96. The highest BCUT2D eigenvalue weighted by Gasteiger charge is 2.17. The van der Waals surface area contributed by atoms with E-state index in [1.165, 1.54) is 0 Å². The van der Waals surface area contributed by atoms with Gasteiger partial charge in [0.25, 0.3) is 0 Å². The molecule has 2 N–H and O–H groups in total. The zero-order valence-electron chi connectivity index (χ0n) is 13.5. The zero-order chi connectivity index (χ0) is 16.4. The number of carbonyl (C=O) groups excluding carboxylic acids is 1. The van der Waals surface area contributed by atoms with Gasteiger partial charge >= 0.3 is 0 Å². The molecule has 0 unspecified atom stereocenters. The lowest BCUT2D eigenvalue weighted by molar-refractivity contribution is -0.116. The molecular weight excluding hydrogens is 292 g/mol. The summed E-state index contributed by atoms with van der Waals surface area (Å²) in [5.74, 6) is 1.24. The van der Waals surface area contributed by atoms with Crippen LogP contribution in [0.5, 0.6) is 11.5 Å². The van der Waals surface area contributed by atoms with Crippen molar-refractivity contribution in [2.24, 2.45) is 0 Å². The van der Waals surface area contributed by atoms with Gasteiger partial charge in [0.1, 0.15) is 6.04 Å². The van der Waals surface area contributed by atoms with Gasteiger partial charge in [0.15, 0.2) is 11.5 Å². The third-order valence-electron chi connectivity index (χ3n) is 3.64. The molecule has 0 saturated carbocycles. The monoisotopic (exact) mass is 312 g/mol. The summed E-state index contributed by atoms with van der Waals surface area (Å²) < 4.78 is 10.6. The molecule has 0 spiro atoms. The van der Waals surface area contributed by atoms with Crippen LogP contribution < -0.4 is 20.1 Å². The molecule has 5 heteroatoms. The predicted octanol–water partition coefficient (Wildman–Crippen LogP) is 3.47. The minimum atomic E-state index is -0.360. The number of hydrogen-bond donors (Lipinski definition) is 2. The molecule has 1 aliphatic heterocycles. The maximum Gasteiger partial charge on any atom is 0.246 e. The predicted molar refractivity (Wildman–Crippen MR) is 90.2 cm³/mol. The first-order valence-electron chi connectivity index (χ1n) is 7.56. The Morgan fingerprint density at radius 3 is 2.43 bits per heavy atom. The summed E-state index contributed by atoms with van der Waals surface area (Å²) in [4.78, 5) is 12.3. The van der Waals surface area contributed by atoms with E-state index in [0.717, 1.165) is 16.8 Å². The van der Waals surface area contributed by atoms with E-state index in [9.17, 15) is 4.79 Å². The molecule has 3 rings (SSSR count). The van der Waals surface area contributed by atoms with E-state index < -0.39 is 0 Å². The average Bonchev–Trinajstić information content (AvgIpc) is 2.93. The summed E-state index contributed by atoms with van der Waals surface area (Å²) in [6.07, 6.45) is 0. The van der Waals surface area contributed by atoms with Crippen molar-refractivity contribution < 1.29 is 14.3 Å². The van der Waals surface area contributed by atoms with Gasteiger partial charge < -0.3 is 20.1 Å². The van der Waals surface area contributed by atoms with Crippen molar-refractivity contribution in [1.29, 1.82) is 0 Å². The lowest BCUT2D eigenvalue weighted by atomic mass is 10.1. The molecule has 120 valence electrons. The topological polar surface area (TPSA) is 59.6 Å². The number of benzene rings is 2. The summed E-state index contributed by atoms with van der Waals surface area (Å²) in [7, 11) is 0. The number of amides is 1. The van der Waals surface area contributed by atoms with Crippen LogP contribution in [0, 0.1) is 13.8 Å². The van der Waals surface area contributed by atoms with Crippen molar-refractivity contribution in [3.8, 4) is 11.5 Å². The first-order chi connectivity index (χ1) is 11.0. The maximum atomic E-state index is 12.3. The summed E-state index contributed by atoms with van der Waals surface area (Å²) >= 11 is 0. The number of anilines is 2. The second kappa shape index (κ2) is 6.20. The molecule has 1 aliphatic rings. The second-order valence-corrected chi connectivity index (χ2v) is 5.80. The Morgan fingerprint density at radius 2 is 1.70 bits per heavy atom. The minimum Gasteiger partial charge on any atom is -0.454 e. The fourth-order valence-electron chi connectivity index (χ4n) is 2.60. The molecule has 1 amide bonds. The van der Waals surface area contributed by atoms with Crippen molar-refractivity contribution in [3.05, 3.63) is 47.5 Å². The van der Waals surface area contributed by atoms with E-state index in [1.807, 2.05) is 32.9 Å². The quantitative estimate of drug-likeness (QED) is 0.907. The van der Waals surface area contributed by atoms with Crippen LogP contribution in [0.15, 0.2) is 36.4 Å². The number of nitrogens with one attached hydrogen (secondary N) is 2. The minimum absolute atomic E-state index is 0.108. The first kappa shape index (κ1) is 15.2. The smallest absolute Gasteiger partial charge is 0.246 e. The van der Waals surface area contributed by atoms with E-state index in [2.05, 4.69) is 16.7 Å². The molecule has 23 heavy (non-hydrogen) atoms. The zero-order valence-corrected chi connectivity index (χ0v) is 13.5. The SMILES string of the molecule is Cc1cc(C)cc(N[C@H](C)C(=O)Nc2ccc3c(c2)OCO3)c1. The lowest BCUT2D eigenvalue weighted by Crippen LogP contribution is -2.31. The van der Waals surface area contributed by atoms with Crippen LogP contribution in [-0.4, -0.2) is 18.7 Å². The average molecular weight is 312 g/mol. The summed E-state index contributed by atoms with van der Waals surface area (Å²) in [5, 5.41) is 6.11. The standard InChI is InChI=1S/C18H20N2O3/c1-11-6-12(2)8-15(7-11)19-13(3)18(21)20-14-4-5-16-17(9-14)23-10-22-16/h4-9,13,19H,10H2,1-3H3,(H,20,21)/t13-/m1/s1. The van der Waals surface area contributed by atoms with Gasteiger partial charge in [-0.1, -0.05) is 6.07 Å². The Morgan fingerprint density at radius 1 is 1.00 bits per heavy atom. The number of hydrogen-bond acceptors (Lipinski definition) is 4. The second-order valence-electron chi connectivity index (χ2n) is 5.80. The van der Waals surface area contributed by atoms with Gasteiger partial charge in [0.05, 0.1) is 0 Å². The number of rotatable bonds is 4. The van der Waals surface area contributed by atoms with Gasteiger partial charge in [0, 0.05) is 17.4 Å². The molecule has 2 aromatic rings. The Bertz CT molecular complexity index is 723. The molecule has 0 saturated heterocycles. The van der Waals surface area contributed by atoms with E-state index in [0.29, 0.717) is 17.2 Å². The molecule has 0 aromatic heterocycles. The number of ether oxygens (including phenoxy) is 2. The Kier molecular flexibility index (Phi) is 4.10. The van der Waals surface area contributed by atoms with Crippen LogP contribution in [0.2, 0.25) is 0 Å². The van der Waals surface area contributed by atoms with Gasteiger partial charge in [0.2, 0.25) is 12.7 Å². The maximum absolute atomic E-state index is 12.3. The summed E-state index contributed by atoms with van der Waals surface area (Å²) in [6, 6.07) is 11.2. The summed E-state index contributed by atoms with van der Waals surface area (Å²) in [5.41, 5.74) is 3.95. The highest BCUT2D eigenvalue weighted by atomic mass is 16.7. The van der Waals surface area contributed by atoms with Crippen LogP contribution in [-0.2, 0) is 4.79 Å². The largest absolute Gasteiger partial charge is 0.454 e. The molecule has 2 aromatic carbocycles. The van der Waals surface area contributed by atoms with Crippen LogP contribution in [0.4, 0.5) is 11.4 Å². The van der Waals surface area contributed by atoms with Gasteiger partial charge in [-0.3, -0.25) is 4.79 Å². The molecule has 0 bridgehead atoms. The molecule has 1 heterocycles. The molecular formula is C18H20N2O3. The Balaban J connectivity index is 1.65. The van der Waals surface area contributed by atoms with E-state index in [-0.39, 0.29) is 18.7 Å². The van der Waals surface area contributed by atoms with Crippen molar-refractivity contribution in [3.63, 3.8) is 0 Å². The molecule has 0 radical (unpaired) electrons. The van der Waals surface area contributed by atoms with Crippen LogP contribution in [0.3, 0.4) is 0 Å². The number of carbonyl (C=O) groups is 1. The molecule has 0 aliphatic carbocycles.